The summed E-state index contributed by atoms with van der Waals surface area (Å²) in [5.41, 5.74) is 0.698. The average Bonchev–Trinajstić information content (AvgIpc) is 2.82. The predicted octanol–water partition coefficient (Wildman–Crippen LogP) is 5.25. The molecule has 0 saturated heterocycles. The van der Waals surface area contributed by atoms with E-state index in [0.29, 0.717) is 27.1 Å². The second-order valence-electron chi connectivity index (χ2n) is 8.22. The number of benzene rings is 2. The number of rotatable bonds is 9. The van der Waals surface area contributed by atoms with Gasteiger partial charge >= 0.3 is 0 Å². The van der Waals surface area contributed by atoms with Crippen molar-refractivity contribution in [3.8, 4) is 11.5 Å². The van der Waals surface area contributed by atoms with Gasteiger partial charge in [0.05, 0.1) is 7.11 Å². The van der Waals surface area contributed by atoms with Gasteiger partial charge in [-0.05, 0) is 49.6 Å². The molecule has 2 aromatic rings. The van der Waals surface area contributed by atoms with Crippen molar-refractivity contribution >= 4 is 35.0 Å². The molecule has 0 aromatic heterocycles. The van der Waals surface area contributed by atoms with E-state index in [1.54, 1.807) is 43.3 Å². The molecule has 1 aliphatic carbocycles. The van der Waals surface area contributed by atoms with Crippen LogP contribution in [0.2, 0.25) is 10.0 Å². The van der Waals surface area contributed by atoms with Gasteiger partial charge in [0.15, 0.2) is 18.1 Å². The topological polar surface area (TPSA) is 67.9 Å². The molecule has 1 saturated carbocycles. The van der Waals surface area contributed by atoms with E-state index < -0.39 is 6.04 Å². The number of methoxy groups -OCH3 is 1. The SMILES string of the molecule is COc1ccccc1OCC(=O)N(Cc1ccc(Cl)cc1Cl)[C@H](C)C(=O)NC1CCCCC1. The molecule has 8 heteroatoms. The number of para-hydroxylation sites is 2. The van der Waals surface area contributed by atoms with Crippen LogP contribution in [0.3, 0.4) is 0 Å². The summed E-state index contributed by atoms with van der Waals surface area (Å²) < 4.78 is 11.0. The Kier molecular flexibility index (Phi) is 9.27. The Morgan fingerprint density at radius 1 is 1.09 bits per heavy atom. The molecule has 178 valence electrons. The molecule has 0 aliphatic heterocycles. The quantitative estimate of drug-likeness (QED) is 0.519. The fourth-order valence-corrected chi connectivity index (χ4v) is 4.41. The maximum absolute atomic E-state index is 13.2. The maximum Gasteiger partial charge on any atom is 0.261 e. The minimum Gasteiger partial charge on any atom is -0.493 e. The Balaban J connectivity index is 1.75. The standard InChI is InChI=1S/C25H30Cl2N2O4/c1-17(25(31)28-20-8-4-3-5-9-20)29(15-18-12-13-19(26)14-21(18)27)24(30)16-33-23-11-7-6-10-22(23)32-2/h6-7,10-14,17,20H,3-5,8-9,15-16H2,1-2H3,(H,28,31)/t17-/m1/s1. The predicted molar refractivity (Wildman–Crippen MR) is 130 cm³/mol. The monoisotopic (exact) mass is 492 g/mol. The molecule has 33 heavy (non-hydrogen) atoms. The lowest BCUT2D eigenvalue weighted by Gasteiger charge is -2.31. The number of ether oxygens (including phenoxy) is 2. The first-order chi connectivity index (χ1) is 15.9. The van der Waals surface area contributed by atoms with Gasteiger partial charge in [-0.3, -0.25) is 9.59 Å². The van der Waals surface area contributed by atoms with Crippen molar-refractivity contribution in [3.05, 3.63) is 58.1 Å². The van der Waals surface area contributed by atoms with E-state index in [-0.39, 0.29) is 31.0 Å². The first-order valence-electron chi connectivity index (χ1n) is 11.2. The molecule has 0 bridgehead atoms. The van der Waals surface area contributed by atoms with Gasteiger partial charge < -0.3 is 19.7 Å². The van der Waals surface area contributed by atoms with Gasteiger partial charge in [-0.2, -0.15) is 0 Å². The molecule has 1 fully saturated rings. The van der Waals surface area contributed by atoms with E-state index in [1.807, 2.05) is 6.07 Å². The molecule has 3 rings (SSSR count). The molecular formula is C25H30Cl2N2O4. The van der Waals surface area contributed by atoms with Gasteiger partial charge in [-0.15, -0.1) is 0 Å². The Labute approximate surface area is 205 Å². The summed E-state index contributed by atoms with van der Waals surface area (Å²) in [7, 11) is 1.54. The fourth-order valence-electron chi connectivity index (χ4n) is 3.95. The Morgan fingerprint density at radius 2 is 1.79 bits per heavy atom. The number of carbonyl (C=O) groups excluding carboxylic acids is 2. The smallest absolute Gasteiger partial charge is 0.261 e. The van der Waals surface area contributed by atoms with Gasteiger partial charge in [0.1, 0.15) is 6.04 Å². The van der Waals surface area contributed by atoms with E-state index in [1.165, 1.54) is 18.4 Å². The van der Waals surface area contributed by atoms with Crippen LogP contribution in [0.5, 0.6) is 11.5 Å². The maximum atomic E-state index is 13.2. The van der Waals surface area contributed by atoms with Crippen LogP contribution < -0.4 is 14.8 Å². The van der Waals surface area contributed by atoms with Crippen molar-refractivity contribution in [3.63, 3.8) is 0 Å². The Morgan fingerprint density at radius 3 is 2.45 bits per heavy atom. The van der Waals surface area contributed by atoms with Gasteiger partial charge in [-0.25, -0.2) is 0 Å². The van der Waals surface area contributed by atoms with Crippen molar-refractivity contribution in [2.75, 3.05) is 13.7 Å². The third-order valence-electron chi connectivity index (χ3n) is 5.89. The van der Waals surface area contributed by atoms with Crippen molar-refractivity contribution in [1.82, 2.24) is 10.2 Å². The second kappa shape index (κ2) is 12.1. The molecule has 6 nitrogen and oxygen atoms in total. The molecule has 2 aromatic carbocycles. The summed E-state index contributed by atoms with van der Waals surface area (Å²) in [5, 5.41) is 4.05. The van der Waals surface area contributed by atoms with Crippen LogP contribution >= 0.6 is 23.2 Å². The Hall–Kier alpha value is -2.44. The number of carbonyl (C=O) groups is 2. The summed E-state index contributed by atoms with van der Waals surface area (Å²) in [5.74, 6) is 0.466. The van der Waals surface area contributed by atoms with Crippen LogP contribution in [-0.4, -0.2) is 42.5 Å². The van der Waals surface area contributed by atoms with Crippen LogP contribution in [-0.2, 0) is 16.1 Å². The van der Waals surface area contributed by atoms with E-state index >= 15 is 0 Å². The minimum absolute atomic E-state index is 0.148. The van der Waals surface area contributed by atoms with Crippen molar-refractivity contribution in [1.29, 1.82) is 0 Å². The first kappa shape index (κ1) is 25.2. The second-order valence-corrected chi connectivity index (χ2v) is 9.06. The summed E-state index contributed by atoms with van der Waals surface area (Å²) >= 11 is 12.4. The normalized spacial score (nSPS) is 14.9. The van der Waals surface area contributed by atoms with E-state index in [0.717, 1.165) is 25.7 Å². The van der Waals surface area contributed by atoms with Crippen LogP contribution in [0.15, 0.2) is 42.5 Å². The van der Waals surface area contributed by atoms with Crippen molar-refractivity contribution < 1.29 is 19.1 Å². The average molecular weight is 493 g/mol. The lowest BCUT2D eigenvalue weighted by Crippen LogP contribution is -2.51. The first-order valence-corrected chi connectivity index (χ1v) is 11.9. The molecule has 0 spiro atoms. The highest BCUT2D eigenvalue weighted by Gasteiger charge is 2.29. The zero-order valence-corrected chi connectivity index (χ0v) is 20.5. The number of hydrogen-bond donors (Lipinski definition) is 1. The molecule has 1 N–H and O–H groups in total. The molecule has 2 amide bonds. The summed E-state index contributed by atoms with van der Waals surface area (Å²) in [6.07, 6.45) is 5.34. The largest absolute Gasteiger partial charge is 0.493 e. The fraction of sp³-hybridized carbons (Fsp3) is 0.440. The van der Waals surface area contributed by atoms with Gasteiger partial charge in [-0.1, -0.05) is 60.7 Å². The molecule has 1 atom stereocenters. The third kappa shape index (κ3) is 7.02. The van der Waals surface area contributed by atoms with Crippen molar-refractivity contribution in [2.24, 2.45) is 0 Å². The number of nitrogens with one attached hydrogen (secondary N) is 1. The molecule has 0 unspecified atom stereocenters. The van der Waals surface area contributed by atoms with Gasteiger partial charge in [0, 0.05) is 22.6 Å². The van der Waals surface area contributed by atoms with Crippen LogP contribution in [0.4, 0.5) is 0 Å². The molecule has 1 aliphatic rings. The highest BCUT2D eigenvalue weighted by molar-refractivity contribution is 6.35. The highest BCUT2D eigenvalue weighted by Crippen LogP contribution is 2.27. The lowest BCUT2D eigenvalue weighted by atomic mass is 9.95. The number of halogens is 2. The third-order valence-corrected chi connectivity index (χ3v) is 6.48. The van der Waals surface area contributed by atoms with Gasteiger partial charge in [0.25, 0.3) is 5.91 Å². The van der Waals surface area contributed by atoms with E-state index in [9.17, 15) is 9.59 Å². The summed E-state index contributed by atoms with van der Waals surface area (Å²) in [4.78, 5) is 27.8. The van der Waals surface area contributed by atoms with Crippen LogP contribution in [0, 0.1) is 0 Å². The highest BCUT2D eigenvalue weighted by atomic mass is 35.5. The summed E-state index contributed by atoms with van der Waals surface area (Å²) in [6, 6.07) is 11.6. The van der Waals surface area contributed by atoms with Crippen molar-refractivity contribution in [2.45, 2.75) is 57.7 Å². The van der Waals surface area contributed by atoms with Crippen LogP contribution in [0.1, 0.15) is 44.6 Å². The molecule has 0 radical (unpaired) electrons. The Bertz CT molecular complexity index is 963. The molecular weight excluding hydrogens is 463 g/mol. The zero-order chi connectivity index (χ0) is 23.8. The summed E-state index contributed by atoms with van der Waals surface area (Å²) in [6.45, 7) is 1.64. The number of hydrogen-bond acceptors (Lipinski definition) is 4. The van der Waals surface area contributed by atoms with Gasteiger partial charge in [0.2, 0.25) is 5.91 Å². The number of nitrogens with zero attached hydrogens (tertiary/aromatic N) is 1. The van der Waals surface area contributed by atoms with E-state index in [4.69, 9.17) is 32.7 Å². The van der Waals surface area contributed by atoms with Crippen LogP contribution in [0.25, 0.3) is 0 Å². The molecule has 0 heterocycles. The lowest BCUT2D eigenvalue weighted by molar-refractivity contribution is -0.142. The number of amides is 2. The zero-order valence-electron chi connectivity index (χ0n) is 19.0. The van der Waals surface area contributed by atoms with E-state index in [2.05, 4.69) is 5.32 Å². The minimum atomic E-state index is -0.701.